The molecule has 1 N–H and O–H groups in total. The molecule has 2 saturated carbocycles. The molecule has 2 amide bonds. The van der Waals surface area contributed by atoms with Gasteiger partial charge in [-0.15, -0.1) is 0 Å². The molecular weight excluding hydrogens is 264 g/mol. The molecule has 3 aliphatic rings. The van der Waals surface area contributed by atoms with Gasteiger partial charge in [-0.1, -0.05) is 33.1 Å². The summed E-state index contributed by atoms with van der Waals surface area (Å²) < 4.78 is 0. The average molecular weight is 292 g/mol. The van der Waals surface area contributed by atoms with Crippen LogP contribution in [0.5, 0.6) is 0 Å². The molecule has 0 aromatic rings. The van der Waals surface area contributed by atoms with E-state index in [0.29, 0.717) is 11.8 Å². The molecule has 3 rings (SSSR count). The SMILES string of the molecule is CC(C)CC1C(=O)NC2(CCCC2)C(=O)N1CC1CCC1. The van der Waals surface area contributed by atoms with Gasteiger partial charge in [-0.05, 0) is 43.9 Å². The van der Waals surface area contributed by atoms with Gasteiger partial charge in [-0.3, -0.25) is 9.59 Å². The van der Waals surface area contributed by atoms with Gasteiger partial charge in [0.15, 0.2) is 0 Å². The van der Waals surface area contributed by atoms with E-state index >= 15 is 0 Å². The summed E-state index contributed by atoms with van der Waals surface area (Å²) in [7, 11) is 0. The fourth-order valence-corrected chi connectivity index (χ4v) is 4.09. The third kappa shape index (κ3) is 2.69. The van der Waals surface area contributed by atoms with E-state index < -0.39 is 5.54 Å². The van der Waals surface area contributed by atoms with Crippen LogP contribution in [-0.4, -0.2) is 34.8 Å². The van der Waals surface area contributed by atoms with E-state index in [0.717, 1.165) is 38.6 Å². The lowest BCUT2D eigenvalue weighted by Crippen LogP contribution is -2.70. The van der Waals surface area contributed by atoms with Crippen LogP contribution in [0.4, 0.5) is 0 Å². The van der Waals surface area contributed by atoms with Crippen molar-refractivity contribution in [2.45, 2.75) is 76.8 Å². The Balaban J connectivity index is 1.82. The van der Waals surface area contributed by atoms with Crippen molar-refractivity contribution in [1.29, 1.82) is 0 Å². The van der Waals surface area contributed by atoms with E-state index in [9.17, 15) is 9.59 Å². The van der Waals surface area contributed by atoms with Crippen LogP contribution >= 0.6 is 0 Å². The van der Waals surface area contributed by atoms with Gasteiger partial charge in [0.25, 0.3) is 0 Å². The maximum Gasteiger partial charge on any atom is 0.249 e. The normalized spacial score (nSPS) is 29.1. The Kier molecular flexibility index (Phi) is 3.98. The largest absolute Gasteiger partial charge is 0.340 e. The molecule has 3 fully saturated rings. The summed E-state index contributed by atoms with van der Waals surface area (Å²) in [6.45, 7) is 5.05. The van der Waals surface area contributed by atoms with Crippen LogP contribution in [0.25, 0.3) is 0 Å². The summed E-state index contributed by atoms with van der Waals surface area (Å²) >= 11 is 0. The Morgan fingerprint density at radius 2 is 1.86 bits per heavy atom. The van der Waals surface area contributed by atoms with E-state index in [4.69, 9.17) is 0 Å². The van der Waals surface area contributed by atoms with E-state index in [-0.39, 0.29) is 17.9 Å². The van der Waals surface area contributed by atoms with E-state index in [1.54, 1.807) is 0 Å². The van der Waals surface area contributed by atoms with Crippen LogP contribution in [0.1, 0.15) is 65.2 Å². The van der Waals surface area contributed by atoms with Gasteiger partial charge >= 0.3 is 0 Å². The number of amides is 2. The molecule has 1 spiro atoms. The Labute approximate surface area is 127 Å². The molecule has 1 aliphatic heterocycles. The zero-order valence-electron chi connectivity index (χ0n) is 13.4. The Hall–Kier alpha value is -1.06. The molecule has 0 aromatic heterocycles. The molecule has 1 unspecified atom stereocenters. The first-order valence-electron chi connectivity index (χ1n) is 8.65. The van der Waals surface area contributed by atoms with E-state index in [2.05, 4.69) is 19.2 Å². The molecule has 118 valence electrons. The minimum atomic E-state index is -0.561. The van der Waals surface area contributed by atoms with Crippen LogP contribution in [0, 0.1) is 11.8 Å². The monoisotopic (exact) mass is 292 g/mol. The molecule has 4 heteroatoms. The molecule has 21 heavy (non-hydrogen) atoms. The van der Waals surface area contributed by atoms with Crippen molar-refractivity contribution in [2.75, 3.05) is 6.54 Å². The molecule has 0 aromatic carbocycles. The van der Waals surface area contributed by atoms with Crippen molar-refractivity contribution >= 4 is 11.8 Å². The summed E-state index contributed by atoms with van der Waals surface area (Å²) in [5.74, 6) is 1.34. The van der Waals surface area contributed by atoms with Gasteiger partial charge in [0.2, 0.25) is 11.8 Å². The Morgan fingerprint density at radius 1 is 1.19 bits per heavy atom. The summed E-state index contributed by atoms with van der Waals surface area (Å²) in [5.41, 5.74) is -0.561. The highest BCUT2D eigenvalue weighted by molar-refractivity contribution is 6.00. The quantitative estimate of drug-likeness (QED) is 0.865. The fourth-order valence-electron chi connectivity index (χ4n) is 4.09. The number of nitrogens with one attached hydrogen (secondary N) is 1. The maximum absolute atomic E-state index is 13.1. The lowest BCUT2D eigenvalue weighted by molar-refractivity contribution is -0.156. The lowest BCUT2D eigenvalue weighted by Gasteiger charge is -2.47. The number of carbonyl (C=O) groups excluding carboxylic acids is 2. The van der Waals surface area contributed by atoms with Crippen molar-refractivity contribution in [2.24, 2.45) is 11.8 Å². The summed E-state index contributed by atoms with van der Waals surface area (Å²) in [4.78, 5) is 27.7. The minimum Gasteiger partial charge on any atom is -0.340 e. The summed E-state index contributed by atoms with van der Waals surface area (Å²) in [5, 5.41) is 3.11. The summed E-state index contributed by atoms with van der Waals surface area (Å²) in [6, 6.07) is -0.246. The Morgan fingerprint density at radius 3 is 2.38 bits per heavy atom. The zero-order chi connectivity index (χ0) is 15.0. The molecule has 0 radical (unpaired) electrons. The van der Waals surface area contributed by atoms with Crippen LogP contribution in [-0.2, 0) is 9.59 Å². The second-order valence-electron chi connectivity index (χ2n) is 7.68. The topological polar surface area (TPSA) is 49.4 Å². The summed E-state index contributed by atoms with van der Waals surface area (Å²) in [6.07, 6.45) is 8.25. The highest BCUT2D eigenvalue weighted by Gasteiger charge is 2.52. The third-order valence-corrected chi connectivity index (χ3v) is 5.54. The standard InChI is InChI=1S/C17H28N2O2/c1-12(2)10-14-15(20)18-17(8-3-4-9-17)16(21)19(14)11-13-6-5-7-13/h12-14H,3-11H2,1-2H3,(H,18,20). The molecule has 4 nitrogen and oxygen atoms in total. The van der Waals surface area contributed by atoms with Crippen LogP contribution < -0.4 is 5.32 Å². The number of nitrogens with zero attached hydrogens (tertiary/aromatic N) is 1. The van der Waals surface area contributed by atoms with E-state index in [1.807, 2.05) is 4.90 Å². The minimum absolute atomic E-state index is 0.0875. The van der Waals surface area contributed by atoms with Crippen LogP contribution in [0.2, 0.25) is 0 Å². The van der Waals surface area contributed by atoms with Gasteiger partial charge in [0, 0.05) is 6.54 Å². The van der Waals surface area contributed by atoms with Crippen molar-refractivity contribution in [1.82, 2.24) is 10.2 Å². The smallest absolute Gasteiger partial charge is 0.249 e. The predicted octanol–water partition coefficient (Wildman–Crippen LogP) is 2.47. The molecule has 1 saturated heterocycles. The van der Waals surface area contributed by atoms with Crippen molar-refractivity contribution in [3.63, 3.8) is 0 Å². The van der Waals surface area contributed by atoms with E-state index in [1.165, 1.54) is 19.3 Å². The number of hydrogen-bond acceptors (Lipinski definition) is 2. The molecule has 2 aliphatic carbocycles. The predicted molar refractivity (Wildman–Crippen MR) is 81.6 cm³/mol. The highest BCUT2D eigenvalue weighted by atomic mass is 16.2. The number of carbonyl (C=O) groups is 2. The van der Waals surface area contributed by atoms with Gasteiger partial charge < -0.3 is 10.2 Å². The van der Waals surface area contributed by atoms with Gasteiger partial charge in [0.05, 0.1) is 0 Å². The first-order chi connectivity index (χ1) is 10.0. The third-order valence-electron chi connectivity index (χ3n) is 5.54. The first kappa shape index (κ1) is 14.9. The fraction of sp³-hybridized carbons (Fsp3) is 0.882. The number of rotatable bonds is 4. The number of piperazine rings is 1. The molecule has 1 heterocycles. The lowest BCUT2D eigenvalue weighted by atomic mass is 9.82. The van der Waals surface area contributed by atoms with Gasteiger partial charge in [0.1, 0.15) is 11.6 Å². The second-order valence-corrected chi connectivity index (χ2v) is 7.68. The Bertz CT molecular complexity index is 423. The molecule has 0 bridgehead atoms. The second kappa shape index (κ2) is 5.62. The maximum atomic E-state index is 13.1. The van der Waals surface area contributed by atoms with Crippen molar-refractivity contribution < 1.29 is 9.59 Å². The molecular formula is C17H28N2O2. The number of hydrogen-bond donors (Lipinski definition) is 1. The average Bonchev–Trinajstić information content (AvgIpc) is 2.82. The van der Waals surface area contributed by atoms with Crippen LogP contribution in [0.3, 0.4) is 0 Å². The highest BCUT2D eigenvalue weighted by Crippen LogP contribution is 2.37. The van der Waals surface area contributed by atoms with Gasteiger partial charge in [-0.2, -0.15) is 0 Å². The van der Waals surface area contributed by atoms with Crippen molar-refractivity contribution in [3.05, 3.63) is 0 Å². The van der Waals surface area contributed by atoms with Crippen molar-refractivity contribution in [3.8, 4) is 0 Å². The zero-order valence-corrected chi connectivity index (χ0v) is 13.4. The van der Waals surface area contributed by atoms with Gasteiger partial charge in [-0.25, -0.2) is 0 Å². The molecule has 1 atom stereocenters. The van der Waals surface area contributed by atoms with Crippen LogP contribution in [0.15, 0.2) is 0 Å². The first-order valence-corrected chi connectivity index (χ1v) is 8.65.